The molecular weight excluding hydrogens is 214 g/mol. The Morgan fingerprint density at radius 3 is 3.00 bits per heavy atom. The van der Waals surface area contributed by atoms with Crippen LogP contribution in [0.15, 0.2) is 6.07 Å². The zero-order chi connectivity index (χ0) is 11.2. The van der Waals surface area contributed by atoms with Crippen molar-refractivity contribution in [3.63, 3.8) is 0 Å². The molecule has 1 N–H and O–H groups in total. The molecule has 1 fully saturated rings. The molecule has 0 aromatic heterocycles. The van der Waals surface area contributed by atoms with Crippen LogP contribution in [0.2, 0.25) is 0 Å². The van der Waals surface area contributed by atoms with E-state index in [1.54, 1.807) is 0 Å². The first-order chi connectivity index (χ1) is 8.43. The Morgan fingerprint density at radius 1 is 1.18 bits per heavy atom. The van der Waals surface area contributed by atoms with Gasteiger partial charge in [0, 0.05) is 35.6 Å². The summed E-state index contributed by atoms with van der Waals surface area (Å²) >= 11 is 0. The summed E-state index contributed by atoms with van der Waals surface area (Å²) in [7, 11) is 0. The molecule has 0 spiro atoms. The van der Waals surface area contributed by atoms with Gasteiger partial charge in [0.05, 0.1) is 13.2 Å². The van der Waals surface area contributed by atoms with Gasteiger partial charge < -0.3 is 14.8 Å². The topological polar surface area (TPSA) is 30.5 Å². The van der Waals surface area contributed by atoms with Crippen LogP contribution in [0.3, 0.4) is 0 Å². The van der Waals surface area contributed by atoms with Gasteiger partial charge in [-0.05, 0) is 25.5 Å². The fourth-order valence-electron chi connectivity index (χ4n) is 3.32. The molecule has 0 saturated carbocycles. The monoisotopic (exact) mass is 231 g/mol. The predicted molar refractivity (Wildman–Crippen MR) is 64.8 cm³/mol. The summed E-state index contributed by atoms with van der Waals surface area (Å²) in [6.45, 7) is 2.79. The van der Waals surface area contributed by atoms with Crippen LogP contribution >= 0.6 is 0 Å². The summed E-state index contributed by atoms with van der Waals surface area (Å²) < 4.78 is 11.6. The molecule has 3 aliphatic rings. The van der Waals surface area contributed by atoms with Crippen molar-refractivity contribution in [2.24, 2.45) is 0 Å². The number of ether oxygens (including phenoxy) is 2. The third-order valence-electron chi connectivity index (χ3n) is 4.10. The maximum Gasteiger partial charge on any atom is 0.127 e. The maximum atomic E-state index is 5.87. The zero-order valence-electron chi connectivity index (χ0n) is 9.92. The lowest BCUT2D eigenvalue weighted by Crippen LogP contribution is -2.15. The van der Waals surface area contributed by atoms with Gasteiger partial charge in [-0.25, -0.2) is 0 Å². The molecule has 0 aliphatic carbocycles. The molecular formula is C14H17NO2. The number of nitrogens with one attached hydrogen (secondary N) is 1. The summed E-state index contributed by atoms with van der Waals surface area (Å²) in [6.07, 6.45) is 4.57. The van der Waals surface area contributed by atoms with Gasteiger partial charge in [0.15, 0.2) is 0 Å². The van der Waals surface area contributed by atoms with E-state index in [1.165, 1.54) is 29.5 Å². The third-order valence-corrected chi connectivity index (χ3v) is 4.10. The number of rotatable bonds is 1. The van der Waals surface area contributed by atoms with E-state index in [9.17, 15) is 0 Å². The number of benzene rings is 1. The van der Waals surface area contributed by atoms with Gasteiger partial charge in [0.25, 0.3) is 0 Å². The van der Waals surface area contributed by atoms with Crippen LogP contribution in [-0.2, 0) is 12.8 Å². The van der Waals surface area contributed by atoms with Crippen LogP contribution < -0.4 is 14.8 Å². The first kappa shape index (κ1) is 9.77. The Hall–Kier alpha value is -1.22. The van der Waals surface area contributed by atoms with E-state index < -0.39 is 0 Å². The summed E-state index contributed by atoms with van der Waals surface area (Å²) in [5.74, 6) is 2.27. The quantitative estimate of drug-likeness (QED) is 0.801. The molecule has 1 aromatic rings. The van der Waals surface area contributed by atoms with Crippen molar-refractivity contribution in [1.82, 2.24) is 5.32 Å². The minimum absolute atomic E-state index is 0.485. The molecule has 0 bridgehead atoms. The highest BCUT2D eigenvalue weighted by molar-refractivity contribution is 5.58. The molecule has 3 heterocycles. The van der Waals surface area contributed by atoms with Gasteiger partial charge in [0.2, 0.25) is 0 Å². The molecule has 90 valence electrons. The van der Waals surface area contributed by atoms with E-state index in [4.69, 9.17) is 9.47 Å². The Bertz CT molecular complexity index is 432. The highest BCUT2D eigenvalue weighted by Crippen LogP contribution is 2.45. The van der Waals surface area contributed by atoms with E-state index in [-0.39, 0.29) is 0 Å². The van der Waals surface area contributed by atoms with E-state index in [0.717, 1.165) is 44.1 Å². The first-order valence-corrected chi connectivity index (χ1v) is 6.61. The van der Waals surface area contributed by atoms with Gasteiger partial charge in [-0.3, -0.25) is 0 Å². The second kappa shape index (κ2) is 3.64. The van der Waals surface area contributed by atoms with Gasteiger partial charge in [-0.1, -0.05) is 0 Å². The average Bonchev–Trinajstić information content (AvgIpc) is 3.06. The van der Waals surface area contributed by atoms with E-state index in [0.29, 0.717) is 6.04 Å². The highest BCUT2D eigenvalue weighted by atomic mass is 16.5. The lowest BCUT2D eigenvalue weighted by Gasteiger charge is -2.18. The SMILES string of the molecule is c1c2c(c(C3CCCN3)c3c1OCC3)OCC2. The summed E-state index contributed by atoms with van der Waals surface area (Å²) in [5.41, 5.74) is 4.14. The Balaban J connectivity index is 1.90. The van der Waals surface area contributed by atoms with Crippen LogP contribution in [-0.4, -0.2) is 19.8 Å². The molecule has 1 atom stereocenters. The summed E-state index contributed by atoms with van der Waals surface area (Å²) in [5, 5.41) is 3.60. The van der Waals surface area contributed by atoms with E-state index >= 15 is 0 Å². The van der Waals surface area contributed by atoms with Crippen molar-refractivity contribution in [3.8, 4) is 11.5 Å². The van der Waals surface area contributed by atoms with Crippen molar-refractivity contribution in [2.45, 2.75) is 31.7 Å². The lowest BCUT2D eigenvalue weighted by atomic mass is 9.93. The second-order valence-corrected chi connectivity index (χ2v) is 5.10. The van der Waals surface area contributed by atoms with Crippen LogP contribution in [0.5, 0.6) is 11.5 Å². The summed E-state index contributed by atoms with van der Waals surface area (Å²) in [6, 6.07) is 2.68. The van der Waals surface area contributed by atoms with Gasteiger partial charge in [0.1, 0.15) is 11.5 Å². The van der Waals surface area contributed by atoms with Crippen LogP contribution in [0, 0.1) is 0 Å². The predicted octanol–water partition coefficient (Wildman–Crippen LogP) is 1.98. The number of fused-ring (bicyclic) bond motifs is 2. The van der Waals surface area contributed by atoms with Gasteiger partial charge in [-0.2, -0.15) is 0 Å². The van der Waals surface area contributed by atoms with E-state index in [2.05, 4.69) is 11.4 Å². The van der Waals surface area contributed by atoms with Gasteiger partial charge in [-0.15, -0.1) is 0 Å². The maximum absolute atomic E-state index is 5.87. The molecule has 3 heteroatoms. The molecule has 1 aromatic carbocycles. The van der Waals surface area contributed by atoms with Crippen LogP contribution in [0.1, 0.15) is 35.6 Å². The van der Waals surface area contributed by atoms with Gasteiger partial charge >= 0.3 is 0 Å². The molecule has 17 heavy (non-hydrogen) atoms. The van der Waals surface area contributed by atoms with Crippen molar-refractivity contribution in [1.29, 1.82) is 0 Å². The fourth-order valence-corrected chi connectivity index (χ4v) is 3.32. The van der Waals surface area contributed by atoms with Crippen molar-refractivity contribution in [2.75, 3.05) is 19.8 Å². The van der Waals surface area contributed by atoms with Crippen LogP contribution in [0.25, 0.3) is 0 Å². The standard InChI is InChI=1S/C14H17NO2/c1-2-11(15-5-1)13-10-4-7-16-12(10)8-9-3-6-17-14(9)13/h8,11,15H,1-7H2. The minimum Gasteiger partial charge on any atom is -0.493 e. The fraction of sp³-hybridized carbons (Fsp3) is 0.571. The molecule has 1 saturated heterocycles. The third kappa shape index (κ3) is 1.38. The lowest BCUT2D eigenvalue weighted by molar-refractivity contribution is 0.349. The molecule has 4 rings (SSSR count). The zero-order valence-corrected chi connectivity index (χ0v) is 9.92. The highest BCUT2D eigenvalue weighted by Gasteiger charge is 2.31. The Labute approximate surface area is 101 Å². The van der Waals surface area contributed by atoms with Crippen molar-refractivity contribution in [3.05, 3.63) is 22.8 Å². The van der Waals surface area contributed by atoms with Crippen molar-refractivity contribution < 1.29 is 9.47 Å². The number of hydrogen-bond donors (Lipinski definition) is 1. The largest absolute Gasteiger partial charge is 0.493 e. The van der Waals surface area contributed by atoms with Crippen LogP contribution in [0.4, 0.5) is 0 Å². The Morgan fingerprint density at radius 2 is 2.12 bits per heavy atom. The average molecular weight is 231 g/mol. The molecule has 0 amide bonds. The first-order valence-electron chi connectivity index (χ1n) is 6.61. The van der Waals surface area contributed by atoms with E-state index in [1.807, 2.05) is 0 Å². The molecule has 1 unspecified atom stereocenters. The smallest absolute Gasteiger partial charge is 0.127 e. The summed E-state index contributed by atoms with van der Waals surface area (Å²) in [4.78, 5) is 0. The van der Waals surface area contributed by atoms with Crippen molar-refractivity contribution >= 4 is 0 Å². The minimum atomic E-state index is 0.485. The number of hydrogen-bond acceptors (Lipinski definition) is 3. The molecule has 0 radical (unpaired) electrons. The normalized spacial score (nSPS) is 25.3. The Kier molecular flexibility index (Phi) is 2.09. The molecule has 3 aliphatic heterocycles. The second-order valence-electron chi connectivity index (χ2n) is 5.10. The molecule has 3 nitrogen and oxygen atoms in total.